The molecule has 1 heterocycles. The summed E-state index contributed by atoms with van der Waals surface area (Å²) in [6.45, 7) is 4.69. The average molecular weight is 677 g/mol. The molecule has 250 valence electrons. The van der Waals surface area contributed by atoms with Crippen LogP contribution in [-0.2, 0) is 5.41 Å². The Bertz CT molecular complexity index is 2850. The van der Waals surface area contributed by atoms with Crippen LogP contribution >= 0.6 is 0 Å². The summed E-state index contributed by atoms with van der Waals surface area (Å²) in [5, 5.41) is 4.89. The molecule has 0 atom stereocenters. The molecule has 2 heteroatoms. The summed E-state index contributed by atoms with van der Waals surface area (Å²) in [6, 6.07) is 65.5. The first-order chi connectivity index (χ1) is 26.0. The van der Waals surface area contributed by atoms with Crippen molar-refractivity contribution in [1.82, 2.24) is 9.97 Å². The largest absolute Gasteiger partial charge is 0.228 e. The van der Waals surface area contributed by atoms with Gasteiger partial charge in [-0.3, -0.25) is 0 Å². The molecule has 0 aliphatic heterocycles. The average Bonchev–Trinajstić information content (AvgIpc) is 3.45. The fourth-order valence-electron chi connectivity index (χ4n) is 8.23. The van der Waals surface area contributed by atoms with Crippen LogP contribution in [0.25, 0.3) is 88.8 Å². The quantitative estimate of drug-likeness (QED) is 0.181. The van der Waals surface area contributed by atoms with E-state index in [4.69, 9.17) is 9.97 Å². The summed E-state index contributed by atoms with van der Waals surface area (Å²) in [5.74, 6) is 0.723. The van der Waals surface area contributed by atoms with E-state index in [1.165, 1.54) is 66.1 Å². The first-order valence-corrected chi connectivity index (χ1v) is 18.3. The zero-order chi connectivity index (χ0) is 35.5. The molecular weight excluding hydrogens is 641 g/mol. The highest BCUT2D eigenvalue weighted by molar-refractivity contribution is 5.99. The highest BCUT2D eigenvalue weighted by Crippen LogP contribution is 2.53. The molecule has 0 N–H and O–H groups in total. The fourth-order valence-corrected chi connectivity index (χ4v) is 8.23. The normalized spacial score (nSPS) is 12.9. The number of fused-ring (bicyclic) bond motifs is 5. The van der Waals surface area contributed by atoms with Gasteiger partial charge < -0.3 is 0 Å². The van der Waals surface area contributed by atoms with Crippen molar-refractivity contribution >= 4 is 21.5 Å². The zero-order valence-electron chi connectivity index (χ0n) is 29.7. The van der Waals surface area contributed by atoms with Crippen LogP contribution in [0.15, 0.2) is 182 Å². The maximum absolute atomic E-state index is 5.29. The van der Waals surface area contributed by atoms with Crippen LogP contribution in [0.1, 0.15) is 25.0 Å². The van der Waals surface area contributed by atoms with Crippen molar-refractivity contribution in [3.63, 3.8) is 0 Å². The van der Waals surface area contributed by atoms with Crippen molar-refractivity contribution in [2.75, 3.05) is 0 Å². The molecule has 0 radical (unpaired) electrons. The Hall–Kier alpha value is -6.64. The number of benzene rings is 8. The second kappa shape index (κ2) is 12.3. The molecule has 0 unspecified atom stereocenters. The van der Waals surface area contributed by atoms with Crippen molar-refractivity contribution in [2.24, 2.45) is 0 Å². The van der Waals surface area contributed by atoms with Gasteiger partial charge in [0.25, 0.3) is 0 Å². The highest BCUT2D eigenvalue weighted by Gasteiger charge is 2.37. The van der Waals surface area contributed by atoms with Gasteiger partial charge in [0.15, 0.2) is 5.82 Å². The van der Waals surface area contributed by atoms with Crippen LogP contribution in [-0.4, -0.2) is 9.97 Å². The number of hydrogen-bond acceptors (Lipinski definition) is 2. The van der Waals surface area contributed by atoms with Crippen molar-refractivity contribution < 1.29 is 0 Å². The Morgan fingerprint density at radius 2 is 0.887 bits per heavy atom. The Morgan fingerprint density at radius 3 is 1.64 bits per heavy atom. The van der Waals surface area contributed by atoms with Crippen LogP contribution < -0.4 is 0 Å². The number of aromatic nitrogens is 2. The molecule has 1 aliphatic rings. The first kappa shape index (κ1) is 31.1. The van der Waals surface area contributed by atoms with Gasteiger partial charge in [-0.1, -0.05) is 159 Å². The predicted octanol–water partition coefficient (Wildman–Crippen LogP) is 13.4. The minimum atomic E-state index is -0.136. The van der Waals surface area contributed by atoms with E-state index in [9.17, 15) is 0 Å². The summed E-state index contributed by atoms with van der Waals surface area (Å²) >= 11 is 0. The molecule has 8 aromatic carbocycles. The lowest BCUT2D eigenvalue weighted by Crippen LogP contribution is -2.14. The lowest BCUT2D eigenvalue weighted by molar-refractivity contribution is 0.661. The molecular formula is C51H36N2. The maximum Gasteiger partial charge on any atom is 0.160 e. The summed E-state index contributed by atoms with van der Waals surface area (Å²) in [7, 11) is 0. The van der Waals surface area contributed by atoms with Crippen molar-refractivity contribution in [3.8, 4) is 67.3 Å². The Morgan fingerprint density at radius 1 is 0.340 bits per heavy atom. The van der Waals surface area contributed by atoms with Gasteiger partial charge in [0.05, 0.1) is 11.4 Å². The van der Waals surface area contributed by atoms with Crippen LogP contribution in [0, 0.1) is 0 Å². The molecule has 53 heavy (non-hydrogen) atoms. The molecule has 0 saturated carbocycles. The van der Waals surface area contributed by atoms with Gasteiger partial charge in [-0.05, 0) is 102 Å². The summed E-state index contributed by atoms with van der Waals surface area (Å²) < 4.78 is 0. The Labute approximate surface area is 310 Å². The first-order valence-electron chi connectivity index (χ1n) is 18.3. The van der Waals surface area contributed by atoms with Gasteiger partial charge in [0.2, 0.25) is 0 Å². The van der Waals surface area contributed by atoms with E-state index in [-0.39, 0.29) is 5.41 Å². The molecule has 2 nitrogen and oxygen atoms in total. The van der Waals surface area contributed by atoms with Crippen LogP contribution in [0.3, 0.4) is 0 Å². The smallest absolute Gasteiger partial charge is 0.160 e. The number of hydrogen-bond donors (Lipinski definition) is 0. The third-order valence-electron chi connectivity index (χ3n) is 11.0. The molecule has 0 spiro atoms. The third kappa shape index (κ3) is 5.34. The third-order valence-corrected chi connectivity index (χ3v) is 11.0. The fraction of sp³-hybridized carbons (Fsp3) is 0.0588. The van der Waals surface area contributed by atoms with E-state index in [0.717, 1.165) is 33.9 Å². The Balaban J connectivity index is 1.10. The lowest BCUT2D eigenvalue weighted by atomic mass is 9.81. The molecule has 0 saturated heterocycles. The van der Waals surface area contributed by atoms with E-state index in [1.54, 1.807) is 0 Å². The second-order valence-electron chi connectivity index (χ2n) is 14.6. The second-order valence-corrected chi connectivity index (χ2v) is 14.6. The highest BCUT2D eigenvalue weighted by atomic mass is 14.9. The van der Waals surface area contributed by atoms with Gasteiger partial charge in [-0.25, -0.2) is 9.97 Å². The van der Waals surface area contributed by atoms with E-state index in [2.05, 4.69) is 190 Å². The van der Waals surface area contributed by atoms with E-state index in [0.29, 0.717) is 0 Å². The minimum Gasteiger partial charge on any atom is -0.228 e. The predicted molar refractivity (Wildman–Crippen MR) is 222 cm³/mol. The van der Waals surface area contributed by atoms with Crippen LogP contribution in [0.5, 0.6) is 0 Å². The molecule has 0 amide bonds. The zero-order valence-corrected chi connectivity index (χ0v) is 29.7. The van der Waals surface area contributed by atoms with E-state index >= 15 is 0 Å². The minimum absolute atomic E-state index is 0.136. The van der Waals surface area contributed by atoms with E-state index < -0.39 is 0 Å². The Kier molecular flexibility index (Phi) is 7.19. The van der Waals surface area contributed by atoms with Gasteiger partial charge >= 0.3 is 0 Å². The summed E-state index contributed by atoms with van der Waals surface area (Å²) in [5.41, 5.74) is 15.0. The van der Waals surface area contributed by atoms with Crippen LogP contribution in [0.2, 0.25) is 0 Å². The summed E-state index contributed by atoms with van der Waals surface area (Å²) in [6.07, 6.45) is 0. The topological polar surface area (TPSA) is 25.8 Å². The monoisotopic (exact) mass is 676 g/mol. The van der Waals surface area contributed by atoms with Gasteiger partial charge in [-0.2, -0.15) is 0 Å². The van der Waals surface area contributed by atoms with Crippen molar-refractivity contribution in [1.29, 1.82) is 0 Å². The van der Waals surface area contributed by atoms with Gasteiger partial charge in [0, 0.05) is 22.1 Å². The van der Waals surface area contributed by atoms with E-state index in [1.807, 2.05) is 6.07 Å². The molecule has 1 aliphatic carbocycles. The van der Waals surface area contributed by atoms with Crippen molar-refractivity contribution in [3.05, 3.63) is 193 Å². The molecule has 1 aromatic heterocycles. The SMILES string of the molecule is CC1(C)c2cc3ccccc3cc2-c2c(-c3cc(-c4ccc5cc(-c6cccc(-c7ccccc7)c6)ccc5c4)nc(-c4ccccc4)n3)cccc21. The van der Waals surface area contributed by atoms with Crippen molar-refractivity contribution in [2.45, 2.75) is 19.3 Å². The summed E-state index contributed by atoms with van der Waals surface area (Å²) in [4.78, 5) is 10.5. The lowest BCUT2D eigenvalue weighted by Gasteiger charge is -2.22. The standard InChI is InChI=1S/C51H36N2/c1-51(2)45-22-12-21-43(49(45)44-30-37-17-9-10-18-38(37)31-46(44)51)48-32-47(52-50(53-48)34-15-7-4-8-16-34)42-26-25-40-28-39(23-24-41(40)29-42)36-20-11-19-35(27-36)33-13-5-3-6-14-33/h3-32H,1-2H3. The maximum atomic E-state index is 5.29. The number of nitrogens with zero attached hydrogens (tertiary/aromatic N) is 2. The van der Waals surface area contributed by atoms with Gasteiger partial charge in [-0.15, -0.1) is 0 Å². The molecule has 10 rings (SSSR count). The van der Waals surface area contributed by atoms with Gasteiger partial charge in [0.1, 0.15) is 0 Å². The molecule has 0 fully saturated rings. The molecule has 9 aromatic rings. The number of rotatable bonds is 5. The molecule has 0 bridgehead atoms. The van der Waals surface area contributed by atoms with Crippen LogP contribution in [0.4, 0.5) is 0 Å².